The monoisotopic (exact) mass is 592 g/mol. The number of nitrogens with zero attached hydrogens (tertiary/aromatic N) is 4. The van der Waals surface area contributed by atoms with Crippen LogP contribution in [0.4, 0.5) is 0 Å². The zero-order valence-corrected chi connectivity index (χ0v) is 25.9. The van der Waals surface area contributed by atoms with Crippen LogP contribution in [0.3, 0.4) is 0 Å². The third kappa shape index (κ3) is 4.10. The summed E-state index contributed by atoms with van der Waals surface area (Å²) in [6.45, 7) is 4.76. The summed E-state index contributed by atoms with van der Waals surface area (Å²) in [6.07, 6.45) is 7.95. The van der Waals surface area contributed by atoms with Crippen LogP contribution in [0, 0.1) is 0 Å². The van der Waals surface area contributed by atoms with Crippen molar-refractivity contribution in [3.63, 3.8) is 0 Å². The summed E-state index contributed by atoms with van der Waals surface area (Å²) in [5, 5.41) is 2.56. The number of allylic oxidation sites excluding steroid dienone is 4. The highest BCUT2D eigenvalue weighted by molar-refractivity contribution is 6.10. The van der Waals surface area contributed by atoms with Crippen molar-refractivity contribution in [2.24, 2.45) is 0 Å². The van der Waals surface area contributed by atoms with E-state index in [-0.39, 0.29) is 5.41 Å². The number of rotatable bonds is 4. The maximum atomic E-state index is 5.01. The van der Waals surface area contributed by atoms with E-state index in [9.17, 15) is 0 Å². The average Bonchev–Trinajstić information content (AvgIpc) is 3.56. The van der Waals surface area contributed by atoms with Crippen molar-refractivity contribution in [1.82, 2.24) is 19.5 Å². The molecule has 0 amide bonds. The van der Waals surface area contributed by atoms with E-state index in [1.165, 1.54) is 38.5 Å². The molecule has 1 unspecified atom stereocenters. The van der Waals surface area contributed by atoms with Crippen LogP contribution in [0.15, 0.2) is 145 Å². The van der Waals surface area contributed by atoms with Crippen molar-refractivity contribution in [3.05, 3.63) is 156 Å². The zero-order valence-electron chi connectivity index (χ0n) is 25.9. The molecule has 0 aliphatic heterocycles. The van der Waals surface area contributed by atoms with E-state index in [1.807, 2.05) is 60.7 Å². The Labute approximate surface area is 268 Å². The molecule has 0 fully saturated rings. The van der Waals surface area contributed by atoms with Gasteiger partial charge in [0.25, 0.3) is 0 Å². The number of para-hydroxylation sites is 1. The van der Waals surface area contributed by atoms with E-state index in [0.717, 1.165) is 28.8 Å². The molecule has 4 nitrogen and oxygen atoms in total. The molecule has 9 rings (SSSR count). The normalized spacial score (nSPS) is 16.4. The lowest BCUT2D eigenvalue weighted by molar-refractivity contribution is 0.612. The number of benzene rings is 5. The van der Waals surface area contributed by atoms with Crippen LogP contribution in [0.2, 0.25) is 0 Å². The van der Waals surface area contributed by atoms with Crippen LogP contribution in [-0.2, 0) is 5.41 Å². The lowest BCUT2D eigenvalue weighted by Crippen LogP contribution is -2.17. The molecule has 0 saturated carbocycles. The smallest absolute Gasteiger partial charge is 0.164 e. The predicted octanol–water partition coefficient (Wildman–Crippen LogP) is 10.2. The Morgan fingerprint density at radius 1 is 0.609 bits per heavy atom. The molecule has 2 aliphatic carbocycles. The lowest BCUT2D eigenvalue weighted by atomic mass is 9.79. The molecule has 1 atom stereocenters. The van der Waals surface area contributed by atoms with Gasteiger partial charge in [-0.2, -0.15) is 0 Å². The SMILES string of the molecule is CC1(C)C2=CC=CCC2c2cc3c4ccccc4n(-c4cccc(-c5nc(-c6ccccc6)nc(-c6ccccc6)n5)c4)c3cc21. The van der Waals surface area contributed by atoms with E-state index in [4.69, 9.17) is 15.0 Å². The van der Waals surface area contributed by atoms with Crippen molar-refractivity contribution in [2.45, 2.75) is 31.6 Å². The van der Waals surface area contributed by atoms with Crippen LogP contribution >= 0.6 is 0 Å². The van der Waals surface area contributed by atoms with Gasteiger partial charge in [0, 0.05) is 44.5 Å². The molecule has 5 aromatic carbocycles. The predicted molar refractivity (Wildman–Crippen MR) is 188 cm³/mol. The van der Waals surface area contributed by atoms with Crippen molar-refractivity contribution in [3.8, 4) is 39.9 Å². The quantitative estimate of drug-likeness (QED) is 0.204. The molecule has 0 radical (unpaired) electrons. The molecule has 0 N–H and O–H groups in total. The van der Waals surface area contributed by atoms with Gasteiger partial charge in [0.2, 0.25) is 0 Å². The van der Waals surface area contributed by atoms with Gasteiger partial charge in [-0.05, 0) is 47.9 Å². The molecular weight excluding hydrogens is 560 g/mol. The van der Waals surface area contributed by atoms with Gasteiger partial charge in [0.05, 0.1) is 11.0 Å². The fourth-order valence-corrected chi connectivity index (χ4v) is 7.58. The first-order valence-corrected chi connectivity index (χ1v) is 16.0. The maximum absolute atomic E-state index is 5.01. The molecule has 2 heterocycles. The summed E-state index contributed by atoms with van der Waals surface area (Å²) in [5.74, 6) is 2.43. The van der Waals surface area contributed by atoms with Gasteiger partial charge in [0.15, 0.2) is 17.5 Å². The third-order valence-electron chi connectivity index (χ3n) is 9.84. The van der Waals surface area contributed by atoms with E-state index in [1.54, 1.807) is 0 Å². The fraction of sp³-hybridized carbons (Fsp3) is 0.119. The fourth-order valence-electron chi connectivity index (χ4n) is 7.58. The Morgan fingerprint density at radius 3 is 1.96 bits per heavy atom. The number of aromatic nitrogens is 4. The van der Waals surface area contributed by atoms with Crippen LogP contribution < -0.4 is 0 Å². The summed E-state index contributed by atoms with van der Waals surface area (Å²) >= 11 is 0. The van der Waals surface area contributed by atoms with Crippen LogP contribution in [0.5, 0.6) is 0 Å². The van der Waals surface area contributed by atoms with Gasteiger partial charge in [-0.25, -0.2) is 15.0 Å². The lowest BCUT2D eigenvalue weighted by Gasteiger charge is -2.25. The van der Waals surface area contributed by atoms with Gasteiger partial charge >= 0.3 is 0 Å². The molecule has 220 valence electrons. The summed E-state index contributed by atoms with van der Waals surface area (Å²) in [7, 11) is 0. The second-order valence-corrected chi connectivity index (χ2v) is 12.9. The summed E-state index contributed by atoms with van der Waals surface area (Å²) in [5.41, 5.74) is 10.8. The minimum absolute atomic E-state index is 0.0192. The van der Waals surface area contributed by atoms with E-state index >= 15 is 0 Å². The highest BCUT2D eigenvalue weighted by Crippen LogP contribution is 2.54. The van der Waals surface area contributed by atoms with Crippen molar-refractivity contribution >= 4 is 21.8 Å². The number of fused-ring (bicyclic) bond motifs is 6. The largest absolute Gasteiger partial charge is 0.309 e. The molecule has 2 aromatic heterocycles. The minimum atomic E-state index is -0.0192. The van der Waals surface area contributed by atoms with Crippen LogP contribution in [0.1, 0.15) is 37.3 Å². The molecule has 2 aliphatic rings. The van der Waals surface area contributed by atoms with Gasteiger partial charge < -0.3 is 4.57 Å². The summed E-state index contributed by atoms with van der Waals surface area (Å²) in [6, 6.07) is 42.6. The maximum Gasteiger partial charge on any atom is 0.164 e. The Kier molecular flexibility index (Phi) is 5.94. The standard InChI is InChI=1S/C42H32N4/c1-42(2)35-22-11-9-20-31(35)33-25-34-32-21-10-12-23-37(32)46(38(34)26-36(33)42)30-19-13-18-29(24-30)41-44-39(27-14-5-3-6-15-27)43-40(45-41)28-16-7-4-8-17-28/h3-19,21-26,31H,20H2,1-2H3. The van der Waals surface area contributed by atoms with Crippen molar-refractivity contribution < 1.29 is 0 Å². The topological polar surface area (TPSA) is 43.6 Å². The van der Waals surface area contributed by atoms with Gasteiger partial charge in [-0.1, -0.05) is 129 Å². The van der Waals surface area contributed by atoms with Gasteiger partial charge in [-0.3, -0.25) is 0 Å². The average molecular weight is 593 g/mol. The highest BCUT2D eigenvalue weighted by Gasteiger charge is 2.42. The third-order valence-corrected chi connectivity index (χ3v) is 9.84. The second-order valence-electron chi connectivity index (χ2n) is 12.9. The molecule has 7 aromatic rings. The first-order chi connectivity index (χ1) is 22.6. The summed E-state index contributed by atoms with van der Waals surface area (Å²) in [4.78, 5) is 14.9. The van der Waals surface area contributed by atoms with E-state index in [2.05, 4.69) is 97.3 Å². The second kappa shape index (κ2) is 10.2. The molecule has 0 saturated heterocycles. The molecule has 0 spiro atoms. The molecule has 4 heteroatoms. The van der Waals surface area contributed by atoms with Crippen LogP contribution in [-0.4, -0.2) is 19.5 Å². The van der Waals surface area contributed by atoms with Crippen LogP contribution in [0.25, 0.3) is 61.7 Å². The number of hydrogen-bond acceptors (Lipinski definition) is 3. The van der Waals surface area contributed by atoms with Crippen molar-refractivity contribution in [2.75, 3.05) is 0 Å². The first-order valence-electron chi connectivity index (χ1n) is 16.0. The van der Waals surface area contributed by atoms with E-state index < -0.39 is 0 Å². The van der Waals surface area contributed by atoms with Gasteiger partial charge in [0.1, 0.15) is 0 Å². The van der Waals surface area contributed by atoms with Gasteiger partial charge in [-0.15, -0.1) is 0 Å². The zero-order chi connectivity index (χ0) is 30.8. The summed E-state index contributed by atoms with van der Waals surface area (Å²) < 4.78 is 2.41. The van der Waals surface area contributed by atoms with Crippen molar-refractivity contribution in [1.29, 1.82) is 0 Å². The highest BCUT2D eigenvalue weighted by atomic mass is 15.0. The first kappa shape index (κ1) is 26.8. The Hall–Kier alpha value is -5.61. The Balaban J connectivity index is 1.25. The number of hydrogen-bond donors (Lipinski definition) is 0. The van der Waals surface area contributed by atoms with E-state index in [0.29, 0.717) is 23.4 Å². The Bertz CT molecular complexity index is 2300. The Morgan fingerprint density at radius 2 is 1.24 bits per heavy atom. The molecule has 46 heavy (non-hydrogen) atoms. The molecule has 0 bridgehead atoms. The minimum Gasteiger partial charge on any atom is -0.309 e. The molecular formula is C42H32N4.